The van der Waals surface area contributed by atoms with Gasteiger partial charge in [0.05, 0.1) is 11.4 Å². The smallest absolute Gasteiger partial charge is 0.0546 e. The molecule has 8 aromatic rings. The molecular formula is C44H31N. The lowest BCUT2D eigenvalue weighted by molar-refractivity contribution is 0.978. The second-order valence-electron chi connectivity index (χ2n) is 12.0. The third-order valence-electron chi connectivity index (χ3n) is 9.46. The molecule has 0 bridgehead atoms. The Morgan fingerprint density at radius 1 is 0.422 bits per heavy atom. The van der Waals surface area contributed by atoms with Gasteiger partial charge in [-0.1, -0.05) is 133 Å². The van der Waals surface area contributed by atoms with E-state index in [0.29, 0.717) is 0 Å². The van der Waals surface area contributed by atoms with Crippen molar-refractivity contribution in [2.24, 2.45) is 0 Å². The molecule has 0 radical (unpaired) electrons. The molecule has 0 aliphatic heterocycles. The fourth-order valence-corrected chi connectivity index (χ4v) is 7.50. The van der Waals surface area contributed by atoms with Gasteiger partial charge in [0.25, 0.3) is 0 Å². The maximum absolute atomic E-state index is 2.45. The quantitative estimate of drug-likeness (QED) is 0.189. The summed E-state index contributed by atoms with van der Waals surface area (Å²) in [5, 5.41) is 10.1. The van der Waals surface area contributed by atoms with Crippen molar-refractivity contribution >= 4 is 65.7 Å². The van der Waals surface area contributed by atoms with Crippen molar-refractivity contribution < 1.29 is 0 Å². The third-order valence-corrected chi connectivity index (χ3v) is 9.46. The summed E-state index contributed by atoms with van der Waals surface area (Å²) in [6, 6.07) is 57.9. The molecule has 0 saturated heterocycles. The van der Waals surface area contributed by atoms with Gasteiger partial charge in [0.1, 0.15) is 0 Å². The molecule has 45 heavy (non-hydrogen) atoms. The second kappa shape index (κ2) is 10.5. The molecule has 0 spiro atoms. The summed E-state index contributed by atoms with van der Waals surface area (Å²) in [4.78, 5) is 2.45. The normalized spacial score (nSPS) is 12.8. The van der Waals surface area contributed by atoms with Gasteiger partial charge >= 0.3 is 0 Å². The lowest BCUT2D eigenvalue weighted by atomic mass is 9.83. The maximum Gasteiger partial charge on any atom is 0.0546 e. The van der Waals surface area contributed by atoms with Crippen LogP contribution in [0.15, 0.2) is 164 Å². The molecule has 0 aromatic heterocycles. The zero-order valence-corrected chi connectivity index (χ0v) is 24.9. The van der Waals surface area contributed by atoms with Crippen molar-refractivity contribution in [3.8, 4) is 0 Å². The van der Waals surface area contributed by atoms with Crippen LogP contribution in [-0.2, 0) is 6.42 Å². The fourth-order valence-electron chi connectivity index (χ4n) is 7.50. The summed E-state index contributed by atoms with van der Waals surface area (Å²) in [6.07, 6.45) is 4.60. The summed E-state index contributed by atoms with van der Waals surface area (Å²) in [7, 11) is 0. The minimum atomic E-state index is 1.06. The molecular weight excluding hydrogens is 542 g/mol. The van der Waals surface area contributed by atoms with Gasteiger partial charge in [-0.2, -0.15) is 0 Å². The number of fused-ring (bicyclic) bond motifs is 7. The highest BCUT2D eigenvalue weighted by Crippen LogP contribution is 2.47. The van der Waals surface area contributed by atoms with Crippen LogP contribution in [0.4, 0.5) is 17.1 Å². The lowest BCUT2D eigenvalue weighted by Gasteiger charge is -2.29. The van der Waals surface area contributed by atoms with Gasteiger partial charge in [0, 0.05) is 16.5 Å². The molecule has 0 unspecified atom stereocenters. The molecule has 8 aromatic carbocycles. The molecule has 0 amide bonds. The largest absolute Gasteiger partial charge is 0.309 e. The number of rotatable bonds is 4. The van der Waals surface area contributed by atoms with E-state index in [9.17, 15) is 0 Å². The molecule has 212 valence electrons. The number of nitrogens with zero attached hydrogens (tertiary/aromatic N) is 1. The highest BCUT2D eigenvalue weighted by molar-refractivity contribution is 6.26. The van der Waals surface area contributed by atoms with Crippen LogP contribution >= 0.6 is 0 Å². The van der Waals surface area contributed by atoms with Gasteiger partial charge in [0.2, 0.25) is 0 Å². The zero-order chi connectivity index (χ0) is 29.7. The van der Waals surface area contributed by atoms with E-state index in [-0.39, 0.29) is 0 Å². The van der Waals surface area contributed by atoms with Crippen LogP contribution in [0.3, 0.4) is 0 Å². The number of aryl methyl sites for hydroxylation is 1. The van der Waals surface area contributed by atoms with E-state index < -0.39 is 0 Å². The van der Waals surface area contributed by atoms with E-state index in [1.165, 1.54) is 76.7 Å². The number of hydrogen-bond acceptors (Lipinski definition) is 1. The van der Waals surface area contributed by atoms with E-state index in [4.69, 9.17) is 0 Å². The van der Waals surface area contributed by atoms with Crippen molar-refractivity contribution in [1.29, 1.82) is 0 Å². The topological polar surface area (TPSA) is 3.24 Å². The van der Waals surface area contributed by atoms with E-state index in [0.717, 1.165) is 18.5 Å². The molecule has 1 aliphatic carbocycles. The Kier molecular flexibility index (Phi) is 6.02. The van der Waals surface area contributed by atoms with E-state index in [1.54, 1.807) is 0 Å². The number of anilines is 3. The maximum atomic E-state index is 2.45. The minimum absolute atomic E-state index is 1.06. The Balaban J connectivity index is 1.40. The molecule has 9 rings (SSSR count). The van der Waals surface area contributed by atoms with E-state index >= 15 is 0 Å². The summed E-state index contributed by atoms with van der Waals surface area (Å²) in [5.74, 6) is 0. The Hall–Kier alpha value is -5.66. The summed E-state index contributed by atoms with van der Waals surface area (Å²) in [5.41, 5.74) is 8.94. The van der Waals surface area contributed by atoms with Crippen LogP contribution in [0.1, 0.15) is 23.1 Å². The van der Waals surface area contributed by atoms with Gasteiger partial charge in [-0.3, -0.25) is 0 Å². The molecule has 0 heterocycles. The predicted molar refractivity (Wildman–Crippen MR) is 193 cm³/mol. The molecule has 0 saturated carbocycles. The van der Waals surface area contributed by atoms with Crippen LogP contribution in [0.2, 0.25) is 0 Å². The Morgan fingerprint density at radius 3 is 1.91 bits per heavy atom. The lowest BCUT2D eigenvalue weighted by Crippen LogP contribution is -2.11. The highest BCUT2D eigenvalue weighted by atomic mass is 15.1. The molecule has 0 N–H and O–H groups in total. The van der Waals surface area contributed by atoms with Gasteiger partial charge in [-0.05, 0) is 97.8 Å². The Morgan fingerprint density at radius 2 is 1.07 bits per heavy atom. The van der Waals surface area contributed by atoms with Gasteiger partial charge in [0.15, 0.2) is 0 Å². The number of benzene rings is 8. The number of hydrogen-bond donors (Lipinski definition) is 0. The Labute approximate surface area is 263 Å². The molecule has 1 heteroatoms. The monoisotopic (exact) mass is 573 g/mol. The SMILES string of the molecule is C1=C(c2cc3cc(N(c4ccccc4)c4cccc5ccccc45)c4ccccc4c3c3ccccc23)c2ccccc2CC1. The second-order valence-corrected chi connectivity index (χ2v) is 12.0. The number of allylic oxidation sites excluding steroid dienone is 1. The first-order chi connectivity index (χ1) is 22.3. The summed E-state index contributed by atoms with van der Waals surface area (Å²) < 4.78 is 0. The van der Waals surface area contributed by atoms with Crippen LogP contribution < -0.4 is 4.90 Å². The molecule has 0 fully saturated rings. The molecule has 1 nitrogen and oxygen atoms in total. The average Bonchev–Trinajstić information content (AvgIpc) is 3.11. The van der Waals surface area contributed by atoms with Crippen LogP contribution in [0.5, 0.6) is 0 Å². The third kappa shape index (κ3) is 4.16. The first-order valence-corrected chi connectivity index (χ1v) is 15.8. The van der Waals surface area contributed by atoms with Gasteiger partial charge in [-0.15, -0.1) is 0 Å². The molecule has 0 atom stereocenters. The van der Waals surface area contributed by atoms with Gasteiger partial charge < -0.3 is 4.90 Å². The van der Waals surface area contributed by atoms with Crippen LogP contribution in [0.25, 0.3) is 48.7 Å². The minimum Gasteiger partial charge on any atom is -0.309 e. The van der Waals surface area contributed by atoms with Crippen molar-refractivity contribution in [3.05, 3.63) is 180 Å². The highest BCUT2D eigenvalue weighted by Gasteiger charge is 2.22. The summed E-state index contributed by atoms with van der Waals surface area (Å²) in [6.45, 7) is 0. The first kappa shape index (κ1) is 25.8. The van der Waals surface area contributed by atoms with Crippen molar-refractivity contribution in [2.45, 2.75) is 12.8 Å². The summed E-state index contributed by atoms with van der Waals surface area (Å²) >= 11 is 0. The van der Waals surface area contributed by atoms with Gasteiger partial charge in [-0.25, -0.2) is 0 Å². The molecule has 1 aliphatic rings. The zero-order valence-electron chi connectivity index (χ0n) is 24.9. The van der Waals surface area contributed by atoms with E-state index in [2.05, 4.69) is 169 Å². The number of para-hydroxylation sites is 1. The van der Waals surface area contributed by atoms with Crippen molar-refractivity contribution in [2.75, 3.05) is 4.90 Å². The Bertz CT molecular complexity index is 2430. The first-order valence-electron chi connectivity index (χ1n) is 15.8. The average molecular weight is 574 g/mol. The van der Waals surface area contributed by atoms with E-state index in [1.807, 2.05) is 0 Å². The predicted octanol–water partition coefficient (Wildman–Crippen LogP) is 12.1. The fraction of sp³-hybridized carbons (Fsp3) is 0.0455. The van der Waals surface area contributed by atoms with Crippen LogP contribution in [-0.4, -0.2) is 0 Å². The van der Waals surface area contributed by atoms with Crippen LogP contribution in [0, 0.1) is 0 Å². The standard InChI is InChI=1S/C44H31N/c1-2-18-33(19-3-1)45(42-27-13-17-31-15-5-7-21-35(31)42)43-29-32-28-41(36-26-12-16-30-14-4-6-20-34(30)36)37-22-8-10-24-39(37)44(32)40-25-11-9-23-38(40)43/h1-11,13-15,17-29H,12,16H2. The van der Waals surface area contributed by atoms with Crippen molar-refractivity contribution in [1.82, 2.24) is 0 Å². The van der Waals surface area contributed by atoms with Crippen molar-refractivity contribution in [3.63, 3.8) is 0 Å².